The van der Waals surface area contributed by atoms with Gasteiger partial charge >= 0.3 is 5.97 Å². The molecule has 0 aromatic rings. The van der Waals surface area contributed by atoms with Gasteiger partial charge in [-0.15, -0.1) is 0 Å². The number of aliphatic carboxylic acids is 1. The second kappa shape index (κ2) is 18.2. The molecular formula is C48H78O20. The van der Waals surface area contributed by atoms with E-state index in [1.165, 1.54) is 0 Å². The summed E-state index contributed by atoms with van der Waals surface area (Å²) in [5, 5.41) is 144. The van der Waals surface area contributed by atoms with Crippen LogP contribution in [-0.4, -0.2) is 202 Å². The lowest BCUT2D eigenvalue weighted by atomic mass is 9.32. The molecule has 390 valence electrons. The van der Waals surface area contributed by atoms with Gasteiger partial charge in [-0.05, 0) is 84.4 Å². The molecule has 3 heterocycles. The number of carbonyl (C=O) groups is 1. The van der Waals surface area contributed by atoms with Crippen LogP contribution in [0.1, 0.15) is 100 Å². The molecule has 0 amide bonds. The Bertz CT molecular complexity index is 1880. The molecular weight excluding hydrogens is 897 g/mol. The molecule has 20 heteroatoms. The third-order valence-corrected chi connectivity index (χ3v) is 19.8. The first kappa shape index (κ1) is 52.8. The van der Waals surface area contributed by atoms with Crippen molar-refractivity contribution in [2.75, 3.05) is 13.2 Å². The first-order chi connectivity index (χ1) is 31.6. The number of aliphatic hydroxyl groups excluding tert-OH is 12. The number of carboxylic acid groups (broad SMARTS) is 1. The van der Waals surface area contributed by atoms with E-state index in [0.717, 1.165) is 5.57 Å². The molecule has 8 aliphatic rings. The lowest BCUT2D eigenvalue weighted by Gasteiger charge is -2.73. The molecule has 5 aliphatic carbocycles. The highest BCUT2D eigenvalue weighted by Gasteiger charge is 2.75. The van der Waals surface area contributed by atoms with Crippen molar-refractivity contribution in [3.8, 4) is 0 Å². The van der Waals surface area contributed by atoms with Crippen LogP contribution in [0, 0.1) is 50.2 Å². The van der Waals surface area contributed by atoms with E-state index in [-0.39, 0.29) is 17.8 Å². The summed E-state index contributed by atoms with van der Waals surface area (Å²) in [6.07, 6.45) is -24.4. The maximum atomic E-state index is 12.8. The minimum atomic E-state index is -2.09. The number of aliphatic hydroxyl groups is 12. The van der Waals surface area contributed by atoms with E-state index in [2.05, 4.69) is 26.8 Å². The number of rotatable bonds is 10. The SMILES string of the molecule is CC[C@@]12C(CC(C)(C)[C@@H](O)[C@@H]1O)C1=CCC3[C@@]4(C)CC[C@H](O[C@@H]5OC(C(=O)O)[C@@H](O)[C@@H](O[C@@H]6O[C@@H](CO)C(O)[C@@H]6O)C5O[C@@H]5OC(CO)[C@H](O)[C@@H](O)C5O)C(C)(C)C4CC[C@@]3(C)[C@]1(C)[C@@H](O)[C@H]2O. The van der Waals surface area contributed by atoms with Gasteiger partial charge in [0.2, 0.25) is 0 Å². The van der Waals surface area contributed by atoms with Crippen molar-refractivity contribution < 1.29 is 99.6 Å². The van der Waals surface area contributed by atoms with Crippen molar-refractivity contribution in [3.05, 3.63) is 11.6 Å². The van der Waals surface area contributed by atoms with Gasteiger partial charge in [-0.1, -0.05) is 67.0 Å². The zero-order valence-electron chi connectivity index (χ0n) is 40.3. The lowest BCUT2D eigenvalue weighted by Crippen LogP contribution is -2.75. The van der Waals surface area contributed by atoms with E-state index in [0.29, 0.717) is 44.9 Å². The molecule has 8 unspecified atom stereocenters. The van der Waals surface area contributed by atoms with Crippen LogP contribution in [0.5, 0.6) is 0 Å². The second-order valence-electron chi connectivity index (χ2n) is 23.5. The Morgan fingerprint density at radius 3 is 1.78 bits per heavy atom. The average molecular weight is 975 g/mol. The highest BCUT2D eigenvalue weighted by molar-refractivity contribution is 5.73. The number of hydrogen-bond donors (Lipinski definition) is 13. The van der Waals surface area contributed by atoms with Crippen LogP contribution in [0.25, 0.3) is 0 Å². The third-order valence-electron chi connectivity index (χ3n) is 19.8. The van der Waals surface area contributed by atoms with Crippen molar-refractivity contribution in [1.29, 1.82) is 0 Å². The van der Waals surface area contributed by atoms with Gasteiger partial charge in [0, 0.05) is 10.8 Å². The van der Waals surface area contributed by atoms with Gasteiger partial charge in [-0.25, -0.2) is 4.79 Å². The van der Waals surface area contributed by atoms with Crippen molar-refractivity contribution in [3.63, 3.8) is 0 Å². The summed E-state index contributed by atoms with van der Waals surface area (Å²) in [7, 11) is 0. The van der Waals surface area contributed by atoms with Crippen LogP contribution in [0.3, 0.4) is 0 Å². The van der Waals surface area contributed by atoms with E-state index in [9.17, 15) is 71.2 Å². The molecule has 26 atom stereocenters. The number of carboxylic acids is 1. The third kappa shape index (κ3) is 7.47. The largest absolute Gasteiger partial charge is 0.479 e. The van der Waals surface area contributed by atoms with Gasteiger partial charge in [-0.2, -0.15) is 0 Å². The van der Waals surface area contributed by atoms with E-state index in [1.54, 1.807) is 0 Å². The molecule has 0 aromatic heterocycles. The molecule has 20 nitrogen and oxygen atoms in total. The minimum Gasteiger partial charge on any atom is -0.479 e. The molecule has 7 fully saturated rings. The van der Waals surface area contributed by atoms with Gasteiger partial charge < -0.3 is 94.8 Å². The Hall–Kier alpha value is -1.51. The zero-order chi connectivity index (χ0) is 50.2. The second-order valence-corrected chi connectivity index (χ2v) is 23.5. The number of fused-ring (bicyclic) bond motifs is 7. The highest BCUT2D eigenvalue weighted by Crippen LogP contribution is 2.76. The molecule has 0 aromatic carbocycles. The van der Waals surface area contributed by atoms with Gasteiger partial charge in [0.1, 0.15) is 61.0 Å². The van der Waals surface area contributed by atoms with Crippen LogP contribution < -0.4 is 0 Å². The zero-order valence-corrected chi connectivity index (χ0v) is 40.3. The number of hydrogen-bond acceptors (Lipinski definition) is 19. The molecule has 68 heavy (non-hydrogen) atoms. The van der Waals surface area contributed by atoms with E-state index >= 15 is 0 Å². The summed E-state index contributed by atoms with van der Waals surface area (Å²) < 4.78 is 36.3. The smallest absolute Gasteiger partial charge is 0.335 e. The van der Waals surface area contributed by atoms with E-state index in [1.807, 2.05) is 34.6 Å². The number of ether oxygens (including phenoxy) is 6. The summed E-state index contributed by atoms with van der Waals surface area (Å²) in [4.78, 5) is 12.8. The minimum absolute atomic E-state index is 0.0146. The van der Waals surface area contributed by atoms with Crippen LogP contribution in [0.15, 0.2) is 11.6 Å². The van der Waals surface area contributed by atoms with E-state index in [4.69, 9.17) is 28.4 Å². The fourth-order valence-electron chi connectivity index (χ4n) is 15.6. The first-order valence-electron chi connectivity index (χ1n) is 24.5. The van der Waals surface area contributed by atoms with Crippen molar-refractivity contribution >= 4 is 5.97 Å². The fourth-order valence-corrected chi connectivity index (χ4v) is 15.6. The average Bonchev–Trinajstić information content (AvgIpc) is 3.55. The Balaban J connectivity index is 1.12. The van der Waals surface area contributed by atoms with Crippen molar-refractivity contribution in [2.45, 2.75) is 217 Å². The molecule has 3 aliphatic heterocycles. The maximum absolute atomic E-state index is 12.8. The van der Waals surface area contributed by atoms with Crippen LogP contribution in [0.4, 0.5) is 0 Å². The molecule has 0 spiro atoms. The normalized spacial score (nSPS) is 55.3. The van der Waals surface area contributed by atoms with Crippen molar-refractivity contribution in [1.82, 2.24) is 0 Å². The predicted molar refractivity (Wildman–Crippen MR) is 233 cm³/mol. The van der Waals surface area contributed by atoms with Crippen LogP contribution in [0.2, 0.25) is 0 Å². The molecule has 0 bridgehead atoms. The molecule has 4 saturated carbocycles. The monoisotopic (exact) mass is 975 g/mol. The van der Waals surface area contributed by atoms with Gasteiger partial charge in [0.05, 0.1) is 43.7 Å². The lowest BCUT2D eigenvalue weighted by molar-refractivity contribution is -0.386. The maximum Gasteiger partial charge on any atom is 0.335 e. The Morgan fingerprint density at radius 1 is 0.647 bits per heavy atom. The molecule has 8 rings (SSSR count). The van der Waals surface area contributed by atoms with Crippen molar-refractivity contribution in [2.24, 2.45) is 50.2 Å². The number of allylic oxidation sites excluding steroid dienone is 1. The quantitative estimate of drug-likeness (QED) is 0.0889. The molecule has 0 radical (unpaired) electrons. The Kier molecular flexibility index (Phi) is 14.1. The molecule has 13 N–H and O–H groups in total. The topological polar surface area (TPSA) is 335 Å². The van der Waals surface area contributed by atoms with Crippen LogP contribution >= 0.6 is 0 Å². The highest BCUT2D eigenvalue weighted by atomic mass is 16.8. The van der Waals surface area contributed by atoms with Gasteiger partial charge in [0.25, 0.3) is 0 Å². The van der Waals surface area contributed by atoms with Gasteiger partial charge in [0.15, 0.2) is 25.0 Å². The van der Waals surface area contributed by atoms with Gasteiger partial charge in [-0.3, -0.25) is 0 Å². The summed E-state index contributed by atoms with van der Waals surface area (Å²) >= 11 is 0. The summed E-state index contributed by atoms with van der Waals surface area (Å²) in [5.41, 5.74) is -3.34. The summed E-state index contributed by atoms with van der Waals surface area (Å²) in [6.45, 7) is 14.9. The van der Waals surface area contributed by atoms with E-state index < -0.39 is 168 Å². The Morgan fingerprint density at radius 2 is 1.21 bits per heavy atom. The van der Waals surface area contributed by atoms with Crippen LogP contribution in [-0.2, 0) is 33.2 Å². The summed E-state index contributed by atoms with van der Waals surface area (Å²) in [6, 6.07) is 0. The standard InChI is InChI=1S/C48H78O20/c1-9-48-20(16-43(2,3)35(57)37(48)59)19-10-11-24-45(6)14-13-25(44(4,5)23(45)12-15-46(24,7)47(19,8)36(58)38(48)60)65-42-34(68-41-30(55)28(53)26(51)21(17-49)63-41)32(31(56)33(67-42)39(61)62)66-40-29(54)27(52)22(18-50)64-40/h10,20-38,40-42,49-60H,9,11-18H2,1-8H3,(H,61,62)/t20?,21?,22-,23?,24?,25-,26-,27?,28+,29-,30?,31-,32+,33?,34?,35-,36-,37-,38+,40-,41-,42+,45-,46+,47-,48+/m0/s1. The fraction of sp³-hybridized carbons (Fsp3) is 0.938. The summed E-state index contributed by atoms with van der Waals surface area (Å²) in [5.74, 6) is -2.00. The Labute approximate surface area is 396 Å². The first-order valence-corrected chi connectivity index (χ1v) is 24.5. The predicted octanol–water partition coefficient (Wildman–Crippen LogP) is -1.35. The molecule has 3 saturated heterocycles.